The van der Waals surface area contributed by atoms with Crippen molar-refractivity contribution in [3.63, 3.8) is 0 Å². The molecule has 0 aliphatic rings. The van der Waals surface area contributed by atoms with Crippen molar-refractivity contribution in [2.75, 3.05) is 20.3 Å². The fourth-order valence-electron chi connectivity index (χ4n) is 1.50. The number of methoxy groups -OCH3 is 1. The van der Waals surface area contributed by atoms with Crippen LogP contribution in [0.2, 0.25) is 0 Å². The van der Waals surface area contributed by atoms with Crippen LogP contribution in [-0.4, -0.2) is 42.3 Å². The van der Waals surface area contributed by atoms with Gasteiger partial charge in [0.15, 0.2) is 0 Å². The molecule has 0 aliphatic carbocycles. The Morgan fingerprint density at radius 1 is 1.59 bits per heavy atom. The van der Waals surface area contributed by atoms with E-state index < -0.39 is 5.97 Å². The Balaban J connectivity index is 2.61. The van der Waals surface area contributed by atoms with Gasteiger partial charge in [0.1, 0.15) is 12.0 Å². The van der Waals surface area contributed by atoms with Gasteiger partial charge in [-0.05, 0) is 19.9 Å². The Bertz CT molecular complexity index is 359. The van der Waals surface area contributed by atoms with E-state index in [1.165, 1.54) is 6.26 Å². The summed E-state index contributed by atoms with van der Waals surface area (Å²) in [6.45, 7) is 6.18. The van der Waals surface area contributed by atoms with Gasteiger partial charge in [-0.15, -0.1) is 0 Å². The van der Waals surface area contributed by atoms with E-state index in [9.17, 15) is 4.79 Å². The summed E-state index contributed by atoms with van der Waals surface area (Å²) in [6.07, 6.45) is 1.27. The average Bonchev–Trinajstić information content (AvgIpc) is 2.72. The summed E-state index contributed by atoms with van der Waals surface area (Å²) in [5, 5.41) is 8.79. The zero-order chi connectivity index (χ0) is 12.8. The van der Waals surface area contributed by atoms with Crippen molar-refractivity contribution in [3.05, 3.63) is 23.7 Å². The number of hydrogen-bond acceptors (Lipinski definition) is 4. The van der Waals surface area contributed by atoms with E-state index in [0.717, 1.165) is 6.54 Å². The van der Waals surface area contributed by atoms with Crippen molar-refractivity contribution in [2.24, 2.45) is 0 Å². The number of carboxylic acid groups (broad SMARTS) is 1. The van der Waals surface area contributed by atoms with Crippen molar-refractivity contribution < 1.29 is 19.1 Å². The minimum Gasteiger partial charge on any atom is -0.478 e. The van der Waals surface area contributed by atoms with Crippen LogP contribution in [0.1, 0.15) is 30.0 Å². The molecular weight excluding hydrogens is 222 g/mol. The zero-order valence-electron chi connectivity index (χ0n) is 10.5. The van der Waals surface area contributed by atoms with E-state index >= 15 is 0 Å². The topological polar surface area (TPSA) is 62.9 Å². The summed E-state index contributed by atoms with van der Waals surface area (Å²) < 4.78 is 10.3. The first kappa shape index (κ1) is 13.7. The summed E-state index contributed by atoms with van der Waals surface area (Å²) in [4.78, 5) is 12.9. The van der Waals surface area contributed by atoms with E-state index in [2.05, 4.69) is 18.7 Å². The molecule has 0 amide bonds. The molecule has 0 aliphatic heterocycles. The molecule has 1 N–H and O–H groups in total. The van der Waals surface area contributed by atoms with Gasteiger partial charge >= 0.3 is 5.97 Å². The second kappa shape index (κ2) is 6.42. The van der Waals surface area contributed by atoms with Crippen molar-refractivity contribution in [2.45, 2.75) is 26.4 Å². The molecule has 17 heavy (non-hydrogen) atoms. The van der Waals surface area contributed by atoms with E-state index in [-0.39, 0.29) is 5.56 Å². The van der Waals surface area contributed by atoms with Gasteiger partial charge in [-0.25, -0.2) is 4.79 Å². The van der Waals surface area contributed by atoms with Crippen LogP contribution in [0, 0.1) is 0 Å². The molecule has 0 spiro atoms. The highest BCUT2D eigenvalue weighted by molar-refractivity contribution is 5.87. The van der Waals surface area contributed by atoms with Crippen LogP contribution in [0.15, 0.2) is 16.7 Å². The Labute approximate surface area is 101 Å². The highest BCUT2D eigenvalue weighted by atomic mass is 16.5. The minimum absolute atomic E-state index is 0.190. The molecule has 1 heterocycles. The lowest BCUT2D eigenvalue weighted by Crippen LogP contribution is -2.33. The summed E-state index contributed by atoms with van der Waals surface area (Å²) >= 11 is 0. The number of furan rings is 1. The molecule has 0 saturated carbocycles. The predicted octanol–water partition coefficient (Wildman–Crippen LogP) is 1.83. The first-order valence-corrected chi connectivity index (χ1v) is 5.58. The largest absolute Gasteiger partial charge is 0.478 e. The van der Waals surface area contributed by atoms with E-state index in [4.69, 9.17) is 14.3 Å². The lowest BCUT2D eigenvalue weighted by atomic mass is 10.2. The number of hydrogen-bond donors (Lipinski definition) is 1. The first-order valence-electron chi connectivity index (χ1n) is 5.58. The molecule has 0 unspecified atom stereocenters. The number of rotatable bonds is 7. The monoisotopic (exact) mass is 241 g/mol. The van der Waals surface area contributed by atoms with Crippen LogP contribution in [0.4, 0.5) is 0 Å². The molecule has 0 fully saturated rings. The maximum Gasteiger partial charge on any atom is 0.338 e. The van der Waals surface area contributed by atoms with Gasteiger partial charge in [-0.2, -0.15) is 0 Å². The molecule has 5 heteroatoms. The number of carboxylic acids is 1. The quantitative estimate of drug-likeness (QED) is 0.789. The Morgan fingerprint density at radius 3 is 2.76 bits per heavy atom. The first-order chi connectivity index (χ1) is 8.04. The summed E-state index contributed by atoms with van der Waals surface area (Å²) in [5.41, 5.74) is 0.190. The molecule has 0 radical (unpaired) electrons. The molecule has 0 bridgehead atoms. The molecule has 5 nitrogen and oxygen atoms in total. The van der Waals surface area contributed by atoms with Crippen molar-refractivity contribution in [1.29, 1.82) is 0 Å². The average molecular weight is 241 g/mol. The summed E-state index contributed by atoms with van der Waals surface area (Å²) in [5.74, 6) is -0.305. The molecule has 0 aromatic carbocycles. The third-order valence-corrected chi connectivity index (χ3v) is 2.57. The van der Waals surface area contributed by atoms with Gasteiger partial charge in [0, 0.05) is 19.7 Å². The Kier molecular flexibility index (Phi) is 5.18. The normalized spacial score (nSPS) is 11.4. The highest BCUT2D eigenvalue weighted by Crippen LogP contribution is 2.12. The van der Waals surface area contributed by atoms with Gasteiger partial charge in [0.05, 0.1) is 18.7 Å². The molecular formula is C12H19NO4. The SMILES string of the molecule is COCCN(Cc1cc(C(=O)O)co1)C(C)C. The molecule has 96 valence electrons. The van der Waals surface area contributed by atoms with Gasteiger partial charge in [0.2, 0.25) is 0 Å². The van der Waals surface area contributed by atoms with Crippen LogP contribution in [-0.2, 0) is 11.3 Å². The van der Waals surface area contributed by atoms with Crippen LogP contribution in [0.5, 0.6) is 0 Å². The Morgan fingerprint density at radius 2 is 2.29 bits per heavy atom. The maximum atomic E-state index is 10.7. The van der Waals surface area contributed by atoms with Crippen molar-refractivity contribution >= 4 is 5.97 Å². The molecule has 1 aromatic heterocycles. The minimum atomic E-state index is -0.965. The smallest absolute Gasteiger partial charge is 0.338 e. The van der Waals surface area contributed by atoms with Gasteiger partial charge in [-0.1, -0.05) is 0 Å². The fourth-order valence-corrected chi connectivity index (χ4v) is 1.50. The molecule has 0 saturated heterocycles. The third-order valence-electron chi connectivity index (χ3n) is 2.57. The van der Waals surface area contributed by atoms with Crippen molar-refractivity contribution in [3.8, 4) is 0 Å². The second-order valence-electron chi connectivity index (χ2n) is 4.16. The highest BCUT2D eigenvalue weighted by Gasteiger charge is 2.14. The fraction of sp³-hybridized carbons (Fsp3) is 0.583. The van der Waals surface area contributed by atoms with Gasteiger partial charge in [-0.3, -0.25) is 4.90 Å². The van der Waals surface area contributed by atoms with Crippen LogP contribution in [0.25, 0.3) is 0 Å². The third kappa shape index (κ3) is 4.20. The Hall–Kier alpha value is -1.33. The summed E-state index contributed by atoms with van der Waals surface area (Å²) in [6, 6.07) is 1.91. The lowest BCUT2D eigenvalue weighted by molar-refractivity contribution is 0.0696. The molecule has 0 atom stereocenters. The standard InChI is InChI=1S/C12H19NO4/c1-9(2)13(4-5-16-3)7-11-6-10(8-17-11)12(14)15/h6,8-9H,4-5,7H2,1-3H3,(H,14,15). The van der Waals surface area contributed by atoms with Crippen molar-refractivity contribution in [1.82, 2.24) is 4.90 Å². The lowest BCUT2D eigenvalue weighted by Gasteiger charge is -2.24. The number of carbonyl (C=O) groups is 1. The summed E-state index contributed by atoms with van der Waals surface area (Å²) in [7, 11) is 1.66. The maximum absolute atomic E-state index is 10.7. The van der Waals surface area contributed by atoms with Gasteiger partial charge in [0.25, 0.3) is 0 Å². The predicted molar refractivity (Wildman–Crippen MR) is 63.1 cm³/mol. The van der Waals surface area contributed by atoms with Crippen LogP contribution >= 0.6 is 0 Å². The number of nitrogens with zero attached hydrogens (tertiary/aromatic N) is 1. The van der Waals surface area contributed by atoms with Crippen LogP contribution < -0.4 is 0 Å². The van der Waals surface area contributed by atoms with E-state index in [0.29, 0.717) is 25.0 Å². The van der Waals surface area contributed by atoms with E-state index in [1.807, 2.05) is 0 Å². The van der Waals surface area contributed by atoms with E-state index in [1.54, 1.807) is 13.2 Å². The zero-order valence-corrected chi connectivity index (χ0v) is 10.5. The molecule has 1 rings (SSSR count). The number of aromatic carboxylic acids is 1. The van der Waals surface area contributed by atoms with Crippen LogP contribution in [0.3, 0.4) is 0 Å². The second-order valence-corrected chi connectivity index (χ2v) is 4.16. The number of ether oxygens (including phenoxy) is 1. The van der Waals surface area contributed by atoms with Gasteiger partial charge < -0.3 is 14.3 Å². The molecule has 1 aromatic rings.